The van der Waals surface area contributed by atoms with Crippen LogP contribution in [0, 0.1) is 6.92 Å². The first-order valence-electron chi connectivity index (χ1n) is 5.32. The number of benzene rings is 1. The SMILES string of the molecule is Cc1nc(N)nc(-c2ccc(N(C)C)cc2)n1. The first-order chi connectivity index (χ1) is 8.06. The molecule has 17 heavy (non-hydrogen) atoms. The Morgan fingerprint density at radius 3 is 2.18 bits per heavy atom. The summed E-state index contributed by atoms with van der Waals surface area (Å²) in [5.74, 6) is 1.49. The van der Waals surface area contributed by atoms with Gasteiger partial charge in [0.15, 0.2) is 5.82 Å². The van der Waals surface area contributed by atoms with Gasteiger partial charge in [-0.15, -0.1) is 0 Å². The van der Waals surface area contributed by atoms with Gasteiger partial charge in [0.1, 0.15) is 5.82 Å². The van der Waals surface area contributed by atoms with Crippen molar-refractivity contribution in [2.24, 2.45) is 0 Å². The molecule has 0 spiro atoms. The molecular weight excluding hydrogens is 214 g/mol. The van der Waals surface area contributed by atoms with Crippen LogP contribution >= 0.6 is 0 Å². The fraction of sp³-hybridized carbons (Fsp3) is 0.250. The molecule has 0 aliphatic carbocycles. The zero-order chi connectivity index (χ0) is 12.4. The van der Waals surface area contributed by atoms with Gasteiger partial charge in [0.2, 0.25) is 5.95 Å². The van der Waals surface area contributed by atoms with Crippen LogP contribution in [-0.2, 0) is 0 Å². The molecule has 2 rings (SSSR count). The third-order valence-electron chi connectivity index (χ3n) is 2.41. The lowest BCUT2D eigenvalue weighted by Crippen LogP contribution is -2.08. The third-order valence-corrected chi connectivity index (χ3v) is 2.41. The molecule has 0 amide bonds. The van der Waals surface area contributed by atoms with Crippen molar-refractivity contribution in [3.63, 3.8) is 0 Å². The van der Waals surface area contributed by atoms with Crippen LogP contribution in [0.2, 0.25) is 0 Å². The first kappa shape index (κ1) is 11.3. The van der Waals surface area contributed by atoms with Gasteiger partial charge < -0.3 is 10.6 Å². The van der Waals surface area contributed by atoms with E-state index >= 15 is 0 Å². The molecule has 5 heteroatoms. The molecule has 2 aromatic rings. The van der Waals surface area contributed by atoms with E-state index in [-0.39, 0.29) is 5.95 Å². The lowest BCUT2D eigenvalue weighted by Gasteiger charge is -2.12. The topological polar surface area (TPSA) is 67.9 Å². The Morgan fingerprint density at radius 2 is 1.65 bits per heavy atom. The van der Waals surface area contributed by atoms with Gasteiger partial charge in [0.05, 0.1) is 0 Å². The fourth-order valence-electron chi connectivity index (χ4n) is 1.54. The Balaban J connectivity index is 2.39. The molecule has 1 heterocycles. The number of anilines is 2. The summed E-state index contributed by atoms with van der Waals surface area (Å²) in [7, 11) is 4.00. The number of nitrogens with zero attached hydrogens (tertiary/aromatic N) is 4. The molecule has 88 valence electrons. The minimum Gasteiger partial charge on any atom is -0.378 e. The van der Waals surface area contributed by atoms with Crippen molar-refractivity contribution < 1.29 is 0 Å². The lowest BCUT2D eigenvalue weighted by molar-refractivity contribution is 0.996. The fourth-order valence-corrected chi connectivity index (χ4v) is 1.54. The predicted molar refractivity (Wildman–Crippen MR) is 68.7 cm³/mol. The lowest BCUT2D eigenvalue weighted by atomic mass is 10.2. The molecular formula is C12H15N5. The summed E-state index contributed by atoms with van der Waals surface area (Å²) in [4.78, 5) is 14.4. The maximum atomic E-state index is 5.60. The summed E-state index contributed by atoms with van der Waals surface area (Å²) in [6.45, 7) is 1.80. The van der Waals surface area contributed by atoms with Crippen molar-refractivity contribution in [2.45, 2.75) is 6.92 Å². The van der Waals surface area contributed by atoms with E-state index in [0.717, 1.165) is 11.3 Å². The van der Waals surface area contributed by atoms with E-state index in [1.807, 2.05) is 43.3 Å². The molecule has 0 saturated carbocycles. The second-order valence-corrected chi connectivity index (χ2v) is 4.01. The summed E-state index contributed by atoms with van der Waals surface area (Å²) in [5, 5.41) is 0. The van der Waals surface area contributed by atoms with Crippen LogP contribution in [-0.4, -0.2) is 29.0 Å². The highest BCUT2D eigenvalue weighted by molar-refractivity contribution is 5.60. The Labute approximate surface area is 100 Å². The standard InChI is InChI=1S/C12H15N5/c1-8-14-11(16-12(13)15-8)9-4-6-10(7-5-9)17(2)3/h4-7H,1-3H3,(H2,13,14,15,16). The van der Waals surface area contributed by atoms with Crippen LogP contribution in [0.15, 0.2) is 24.3 Å². The van der Waals surface area contributed by atoms with E-state index in [0.29, 0.717) is 11.6 Å². The summed E-state index contributed by atoms with van der Waals surface area (Å²) in [6, 6.07) is 7.99. The van der Waals surface area contributed by atoms with Crippen LogP contribution in [0.3, 0.4) is 0 Å². The van der Waals surface area contributed by atoms with Gasteiger partial charge in [-0.05, 0) is 31.2 Å². The second-order valence-electron chi connectivity index (χ2n) is 4.01. The third kappa shape index (κ3) is 2.50. The number of aryl methyl sites for hydroxylation is 1. The largest absolute Gasteiger partial charge is 0.378 e. The minimum atomic E-state index is 0.254. The average Bonchev–Trinajstić information content (AvgIpc) is 2.28. The average molecular weight is 229 g/mol. The van der Waals surface area contributed by atoms with E-state index in [1.165, 1.54) is 0 Å². The number of hydrogen-bond acceptors (Lipinski definition) is 5. The predicted octanol–water partition coefficient (Wildman–Crippen LogP) is 1.50. The van der Waals surface area contributed by atoms with Crippen molar-refractivity contribution in [3.05, 3.63) is 30.1 Å². The van der Waals surface area contributed by atoms with Crippen LogP contribution in [0.1, 0.15) is 5.82 Å². The monoisotopic (exact) mass is 229 g/mol. The quantitative estimate of drug-likeness (QED) is 0.845. The maximum Gasteiger partial charge on any atom is 0.223 e. The van der Waals surface area contributed by atoms with Crippen molar-refractivity contribution in [3.8, 4) is 11.4 Å². The van der Waals surface area contributed by atoms with Crippen LogP contribution in [0.25, 0.3) is 11.4 Å². The van der Waals surface area contributed by atoms with E-state index < -0.39 is 0 Å². The number of hydrogen-bond donors (Lipinski definition) is 1. The van der Waals surface area contributed by atoms with E-state index in [2.05, 4.69) is 15.0 Å². The highest BCUT2D eigenvalue weighted by atomic mass is 15.1. The smallest absolute Gasteiger partial charge is 0.223 e. The molecule has 0 bridgehead atoms. The molecule has 0 atom stereocenters. The van der Waals surface area contributed by atoms with Crippen molar-refractivity contribution >= 4 is 11.6 Å². The van der Waals surface area contributed by atoms with Crippen LogP contribution in [0.4, 0.5) is 11.6 Å². The molecule has 0 saturated heterocycles. The number of aromatic nitrogens is 3. The van der Waals surface area contributed by atoms with Crippen molar-refractivity contribution in [1.29, 1.82) is 0 Å². The Bertz CT molecular complexity index is 499. The molecule has 0 unspecified atom stereocenters. The summed E-state index contributed by atoms with van der Waals surface area (Å²) in [6.07, 6.45) is 0. The van der Waals surface area contributed by atoms with Gasteiger partial charge in [-0.3, -0.25) is 0 Å². The molecule has 0 aliphatic rings. The molecule has 5 nitrogen and oxygen atoms in total. The molecule has 1 aromatic heterocycles. The summed E-state index contributed by atoms with van der Waals surface area (Å²) >= 11 is 0. The van der Waals surface area contributed by atoms with E-state index in [9.17, 15) is 0 Å². The molecule has 2 N–H and O–H groups in total. The highest BCUT2D eigenvalue weighted by Gasteiger charge is 2.04. The van der Waals surface area contributed by atoms with Gasteiger partial charge in [0, 0.05) is 25.3 Å². The molecule has 0 radical (unpaired) electrons. The van der Waals surface area contributed by atoms with Crippen LogP contribution in [0.5, 0.6) is 0 Å². The van der Waals surface area contributed by atoms with Gasteiger partial charge in [-0.1, -0.05) is 0 Å². The zero-order valence-corrected chi connectivity index (χ0v) is 10.2. The normalized spacial score (nSPS) is 10.3. The van der Waals surface area contributed by atoms with Crippen molar-refractivity contribution in [1.82, 2.24) is 15.0 Å². The van der Waals surface area contributed by atoms with E-state index in [4.69, 9.17) is 5.73 Å². The number of nitrogens with two attached hydrogens (primary N) is 1. The van der Waals surface area contributed by atoms with Gasteiger partial charge in [-0.2, -0.15) is 9.97 Å². The Kier molecular flexibility index (Phi) is 2.91. The Hall–Kier alpha value is -2.17. The summed E-state index contributed by atoms with van der Waals surface area (Å²) < 4.78 is 0. The number of rotatable bonds is 2. The molecule has 0 fully saturated rings. The highest BCUT2D eigenvalue weighted by Crippen LogP contribution is 2.19. The zero-order valence-electron chi connectivity index (χ0n) is 10.2. The summed E-state index contributed by atoms with van der Waals surface area (Å²) in [5.41, 5.74) is 7.67. The van der Waals surface area contributed by atoms with Gasteiger partial charge in [0.25, 0.3) is 0 Å². The first-order valence-corrected chi connectivity index (χ1v) is 5.32. The van der Waals surface area contributed by atoms with Gasteiger partial charge >= 0.3 is 0 Å². The maximum absolute atomic E-state index is 5.60. The van der Waals surface area contributed by atoms with E-state index in [1.54, 1.807) is 6.92 Å². The number of nitrogen functional groups attached to an aromatic ring is 1. The molecule has 0 aliphatic heterocycles. The van der Waals surface area contributed by atoms with Crippen molar-refractivity contribution in [2.75, 3.05) is 24.7 Å². The Morgan fingerprint density at radius 1 is 1.00 bits per heavy atom. The van der Waals surface area contributed by atoms with Crippen LogP contribution < -0.4 is 10.6 Å². The minimum absolute atomic E-state index is 0.254. The second kappa shape index (κ2) is 4.37. The molecule has 1 aromatic carbocycles. The van der Waals surface area contributed by atoms with Gasteiger partial charge in [-0.25, -0.2) is 4.98 Å².